The molecule has 9 heteroatoms. The fourth-order valence-electron chi connectivity index (χ4n) is 3.13. The van der Waals surface area contributed by atoms with Gasteiger partial charge in [0.05, 0.1) is 17.9 Å². The number of nitrogens with zero attached hydrogens (tertiary/aromatic N) is 2. The van der Waals surface area contributed by atoms with Gasteiger partial charge in [0.1, 0.15) is 10.7 Å². The number of hydrogen-bond acceptors (Lipinski definition) is 3. The summed E-state index contributed by atoms with van der Waals surface area (Å²) >= 11 is 12.0. The molecule has 1 aliphatic rings. The van der Waals surface area contributed by atoms with Crippen LogP contribution in [-0.4, -0.2) is 14.4 Å². The minimum absolute atomic E-state index is 0.0676. The maximum Gasteiger partial charge on any atom is 0.343 e. The SMILES string of the molecule is O=C1N(Cc2c(F)cccc2Cl)c2ccccc2S(=O)(=O)N1c1ccc(Cl)cc1. The number of fused-ring (bicyclic) bond motifs is 1. The number of sulfonamides is 1. The van der Waals surface area contributed by atoms with Gasteiger partial charge in [-0.2, -0.15) is 4.31 Å². The summed E-state index contributed by atoms with van der Waals surface area (Å²) in [6.07, 6.45) is 0. The highest BCUT2D eigenvalue weighted by molar-refractivity contribution is 7.94. The van der Waals surface area contributed by atoms with Crippen molar-refractivity contribution in [2.75, 3.05) is 9.21 Å². The number of halogens is 3. The lowest BCUT2D eigenvalue weighted by atomic mass is 10.2. The Labute approximate surface area is 176 Å². The largest absolute Gasteiger partial charge is 0.343 e. The summed E-state index contributed by atoms with van der Waals surface area (Å²) in [5.74, 6) is -0.589. The van der Waals surface area contributed by atoms with Gasteiger partial charge in [-0.05, 0) is 48.5 Å². The van der Waals surface area contributed by atoms with Crippen molar-refractivity contribution in [2.24, 2.45) is 0 Å². The monoisotopic (exact) mass is 450 g/mol. The molecule has 148 valence electrons. The van der Waals surface area contributed by atoms with Gasteiger partial charge in [-0.15, -0.1) is 0 Å². The number of amides is 2. The van der Waals surface area contributed by atoms with Crippen LogP contribution in [0.5, 0.6) is 0 Å². The van der Waals surface area contributed by atoms with E-state index in [0.29, 0.717) is 9.33 Å². The summed E-state index contributed by atoms with van der Waals surface area (Å²) in [6, 6.07) is 15.2. The Hall–Kier alpha value is -2.61. The summed E-state index contributed by atoms with van der Waals surface area (Å²) < 4.78 is 41.4. The van der Waals surface area contributed by atoms with Gasteiger partial charge in [-0.3, -0.25) is 4.90 Å². The van der Waals surface area contributed by atoms with Gasteiger partial charge in [-0.25, -0.2) is 17.6 Å². The highest BCUT2D eigenvalue weighted by atomic mass is 35.5. The first-order valence-electron chi connectivity index (χ1n) is 8.45. The quantitative estimate of drug-likeness (QED) is 0.531. The molecule has 5 nitrogen and oxygen atoms in total. The van der Waals surface area contributed by atoms with E-state index < -0.39 is 21.9 Å². The molecule has 0 atom stereocenters. The molecule has 0 aliphatic carbocycles. The van der Waals surface area contributed by atoms with E-state index in [2.05, 4.69) is 0 Å². The van der Waals surface area contributed by atoms with Crippen molar-refractivity contribution >= 4 is 50.6 Å². The second-order valence-electron chi connectivity index (χ2n) is 6.28. The maximum absolute atomic E-state index is 14.4. The fourth-order valence-corrected chi connectivity index (χ4v) is 5.07. The highest BCUT2D eigenvalue weighted by Gasteiger charge is 2.42. The van der Waals surface area contributed by atoms with Gasteiger partial charge in [0, 0.05) is 15.6 Å². The zero-order valence-electron chi connectivity index (χ0n) is 14.7. The molecule has 29 heavy (non-hydrogen) atoms. The van der Waals surface area contributed by atoms with Crippen molar-refractivity contribution in [2.45, 2.75) is 11.4 Å². The van der Waals surface area contributed by atoms with Gasteiger partial charge in [-0.1, -0.05) is 41.4 Å². The van der Waals surface area contributed by atoms with Crippen LogP contribution in [0.2, 0.25) is 10.0 Å². The van der Waals surface area contributed by atoms with Crippen LogP contribution in [0.4, 0.5) is 20.6 Å². The molecule has 1 heterocycles. The predicted molar refractivity (Wildman–Crippen MR) is 111 cm³/mol. The van der Waals surface area contributed by atoms with Crippen LogP contribution >= 0.6 is 23.2 Å². The third-order valence-electron chi connectivity index (χ3n) is 4.52. The molecule has 0 aromatic heterocycles. The Morgan fingerprint density at radius 2 is 1.59 bits per heavy atom. The molecule has 3 aromatic carbocycles. The van der Waals surface area contributed by atoms with E-state index in [9.17, 15) is 17.6 Å². The van der Waals surface area contributed by atoms with E-state index in [-0.39, 0.29) is 33.4 Å². The summed E-state index contributed by atoms with van der Waals surface area (Å²) in [5.41, 5.74) is 0.369. The molecule has 0 saturated heterocycles. The molecule has 1 aliphatic heterocycles. The van der Waals surface area contributed by atoms with Crippen LogP contribution < -0.4 is 9.21 Å². The van der Waals surface area contributed by atoms with Crippen LogP contribution in [0.15, 0.2) is 71.6 Å². The lowest BCUT2D eigenvalue weighted by Gasteiger charge is -2.36. The summed E-state index contributed by atoms with van der Waals surface area (Å²) in [6.45, 7) is -0.235. The Morgan fingerprint density at radius 1 is 0.897 bits per heavy atom. The van der Waals surface area contributed by atoms with E-state index in [0.717, 1.165) is 0 Å². The van der Waals surface area contributed by atoms with Crippen LogP contribution in [0.1, 0.15) is 5.56 Å². The Balaban J connectivity index is 1.89. The van der Waals surface area contributed by atoms with Gasteiger partial charge >= 0.3 is 6.03 Å². The molecule has 2 amide bonds. The topological polar surface area (TPSA) is 57.7 Å². The molecule has 0 fully saturated rings. The molecule has 3 aromatic rings. The van der Waals surface area contributed by atoms with Crippen molar-refractivity contribution in [3.8, 4) is 0 Å². The van der Waals surface area contributed by atoms with Crippen LogP contribution in [0.25, 0.3) is 0 Å². The fraction of sp³-hybridized carbons (Fsp3) is 0.0500. The van der Waals surface area contributed by atoms with E-state index in [1.807, 2.05) is 0 Å². The molecule has 0 N–H and O–H groups in total. The Bertz CT molecular complexity index is 1200. The van der Waals surface area contributed by atoms with Crippen molar-refractivity contribution in [1.82, 2.24) is 0 Å². The molecule has 0 radical (unpaired) electrons. The summed E-state index contributed by atoms with van der Waals surface area (Å²) in [5, 5.41) is 0.535. The van der Waals surface area contributed by atoms with E-state index in [1.54, 1.807) is 12.1 Å². The van der Waals surface area contributed by atoms with Gasteiger partial charge in [0.25, 0.3) is 10.0 Å². The first-order valence-corrected chi connectivity index (χ1v) is 10.6. The number of carbonyl (C=O) groups is 1. The summed E-state index contributed by atoms with van der Waals surface area (Å²) in [4.78, 5) is 14.4. The number of para-hydroxylation sites is 1. The maximum atomic E-state index is 14.4. The molecule has 0 bridgehead atoms. The predicted octanol–water partition coefficient (Wildman–Crippen LogP) is 5.47. The number of benzene rings is 3. The first-order chi connectivity index (χ1) is 13.8. The number of hydrogen-bond donors (Lipinski definition) is 0. The molecule has 0 unspecified atom stereocenters. The number of anilines is 2. The summed E-state index contributed by atoms with van der Waals surface area (Å²) in [7, 11) is -4.17. The zero-order valence-corrected chi connectivity index (χ0v) is 17.0. The number of urea groups is 1. The molecular formula is C20H13Cl2FN2O3S. The van der Waals surface area contributed by atoms with E-state index >= 15 is 0 Å². The average molecular weight is 451 g/mol. The Morgan fingerprint density at radius 3 is 2.28 bits per heavy atom. The smallest absolute Gasteiger partial charge is 0.287 e. The van der Waals surface area contributed by atoms with Crippen LogP contribution in [-0.2, 0) is 16.6 Å². The van der Waals surface area contributed by atoms with Gasteiger partial charge < -0.3 is 0 Å². The van der Waals surface area contributed by atoms with E-state index in [4.69, 9.17) is 23.2 Å². The second-order valence-corrected chi connectivity index (χ2v) is 8.88. The number of carbonyl (C=O) groups excluding carboxylic acids is 1. The minimum atomic E-state index is -4.17. The third kappa shape index (κ3) is 3.35. The van der Waals surface area contributed by atoms with Gasteiger partial charge in [0.2, 0.25) is 0 Å². The standard InChI is InChI=1S/C20H13Cl2FN2O3S/c21-13-8-10-14(11-9-13)25-20(26)24(12-15-16(22)4-3-5-17(15)23)18-6-1-2-7-19(18)29(25,27)28/h1-11H,12H2. The molecule has 0 spiro atoms. The van der Waals surface area contributed by atoms with Crippen molar-refractivity contribution < 1.29 is 17.6 Å². The van der Waals surface area contributed by atoms with Crippen molar-refractivity contribution in [1.29, 1.82) is 0 Å². The lowest BCUT2D eigenvalue weighted by Crippen LogP contribution is -2.50. The second kappa shape index (κ2) is 7.33. The van der Waals surface area contributed by atoms with E-state index in [1.165, 1.54) is 59.5 Å². The highest BCUT2D eigenvalue weighted by Crippen LogP contribution is 2.38. The Kier molecular flexibility index (Phi) is 4.98. The molecule has 0 saturated carbocycles. The normalized spacial score (nSPS) is 15.3. The first kappa shape index (κ1) is 19.7. The third-order valence-corrected chi connectivity index (χ3v) is 6.87. The van der Waals surface area contributed by atoms with Crippen LogP contribution in [0.3, 0.4) is 0 Å². The minimum Gasteiger partial charge on any atom is -0.287 e. The lowest BCUT2D eigenvalue weighted by molar-refractivity contribution is 0.253. The molecule has 4 rings (SSSR count). The van der Waals surface area contributed by atoms with Crippen LogP contribution in [0, 0.1) is 5.82 Å². The molecular weight excluding hydrogens is 438 g/mol. The van der Waals surface area contributed by atoms with Gasteiger partial charge in [0.15, 0.2) is 0 Å². The van der Waals surface area contributed by atoms with Crippen molar-refractivity contribution in [3.63, 3.8) is 0 Å². The van der Waals surface area contributed by atoms with Crippen molar-refractivity contribution in [3.05, 3.63) is 88.2 Å². The average Bonchev–Trinajstić information content (AvgIpc) is 2.68. The zero-order chi connectivity index (χ0) is 20.8. The number of rotatable bonds is 3.